The first-order valence-electron chi connectivity index (χ1n) is 5.74. The zero-order valence-corrected chi connectivity index (χ0v) is 10.5. The summed E-state index contributed by atoms with van der Waals surface area (Å²) >= 11 is 0. The van der Waals surface area contributed by atoms with Crippen molar-refractivity contribution < 1.29 is 13.5 Å². The fourth-order valence-corrected chi connectivity index (χ4v) is 1.71. The van der Waals surface area contributed by atoms with Gasteiger partial charge in [-0.05, 0) is 24.5 Å². The Kier molecular flexibility index (Phi) is 5.51. The lowest BCUT2D eigenvalue weighted by molar-refractivity contribution is 0.195. The minimum Gasteiger partial charge on any atom is -0.383 e. The summed E-state index contributed by atoms with van der Waals surface area (Å²) in [6.45, 7) is 5.12. The molecule has 1 aromatic rings. The van der Waals surface area contributed by atoms with Crippen LogP contribution < -0.4 is 5.32 Å². The van der Waals surface area contributed by atoms with Crippen molar-refractivity contribution in [3.05, 3.63) is 35.4 Å². The van der Waals surface area contributed by atoms with Gasteiger partial charge in [0.1, 0.15) is 0 Å². The fraction of sp³-hybridized carbons (Fsp3) is 0.538. The van der Waals surface area contributed by atoms with Gasteiger partial charge in [0.25, 0.3) is 0 Å². The van der Waals surface area contributed by atoms with E-state index >= 15 is 0 Å². The van der Waals surface area contributed by atoms with E-state index in [4.69, 9.17) is 4.74 Å². The van der Waals surface area contributed by atoms with Crippen molar-refractivity contribution in [2.45, 2.75) is 25.8 Å². The van der Waals surface area contributed by atoms with Gasteiger partial charge in [-0.25, -0.2) is 8.78 Å². The van der Waals surface area contributed by atoms with Crippen molar-refractivity contribution >= 4 is 0 Å². The number of rotatable bonds is 6. The number of benzene rings is 1. The quantitative estimate of drug-likeness (QED) is 0.776. The van der Waals surface area contributed by atoms with Crippen LogP contribution in [0.25, 0.3) is 0 Å². The van der Waals surface area contributed by atoms with Crippen LogP contribution >= 0.6 is 0 Å². The Morgan fingerprint density at radius 1 is 1.29 bits per heavy atom. The summed E-state index contributed by atoms with van der Waals surface area (Å²) < 4.78 is 31.6. The number of hydrogen-bond donors (Lipinski definition) is 1. The minimum atomic E-state index is -0.793. The molecular formula is C13H19F2NO. The van der Waals surface area contributed by atoms with Crippen molar-refractivity contribution in [3.63, 3.8) is 0 Å². The highest BCUT2D eigenvalue weighted by Gasteiger charge is 2.19. The summed E-state index contributed by atoms with van der Waals surface area (Å²) in [4.78, 5) is 0. The number of halogens is 2. The van der Waals surface area contributed by atoms with Gasteiger partial charge in [-0.15, -0.1) is 0 Å². The predicted octanol–water partition coefficient (Wildman–Crippen LogP) is 2.69. The topological polar surface area (TPSA) is 21.3 Å². The summed E-state index contributed by atoms with van der Waals surface area (Å²) in [5.41, 5.74) is 0.405. The highest BCUT2D eigenvalue weighted by Crippen LogP contribution is 2.23. The van der Waals surface area contributed by atoms with E-state index in [1.807, 2.05) is 13.8 Å². The number of hydrogen-bond acceptors (Lipinski definition) is 2. The van der Waals surface area contributed by atoms with Gasteiger partial charge in [0.2, 0.25) is 0 Å². The average molecular weight is 243 g/mol. The highest BCUT2D eigenvalue weighted by molar-refractivity contribution is 5.23. The van der Waals surface area contributed by atoms with Gasteiger partial charge in [0.15, 0.2) is 11.6 Å². The van der Waals surface area contributed by atoms with Gasteiger partial charge in [-0.3, -0.25) is 0 Å². The minimum absolute atomic E-state index is 0.0569. The van der Waals surface area contributed by atoms with E-state index in [2.05, 4.69) is 5.32 Å². The van der Waals surface area contributed by atoms with E-state index in [1.54, 1.807) is 13.2 Å². The number of ether oxygens (including phenoxy) is 1. The van der Waals surface area contributed by atoms with E-state index in [-0.39, 0.29) is 12.0 Å². The standard InChI is InChI=1S/C13H19F2NO/c1-9(10(2)16-7-8-17-3)11-5-4-6-12(14)13(11)15/h4-6,9-10,16H,7-8H2,1-3H3. The van der Waals surface area contributed by atoms with E-state index in [9.17, 15) is 8.78 Å². The second kappa shape index (κ2) is 6.67. The Bertz CT molecular complexity index is 357. The maximum atomic E-state index is 13.6. The van der Waals surface area contributed by atoms with Crippen molar-refractivity contribution in [2.24, 2.45) is 0 Å². The largest absolute Gasteiger partial charge is 0.383 e. The van der Waals surface area contributed by atoms with Crippen molar-refractivity contribution in [1.29, 1.82) is 0 Å². The van der Waals surface area contributed by atoms with Crippen LogP contribution in [0.4, 0.5) is 8.78 Å². The lowest BCUT2D eigenvalue weighted by Gasteiger charge is -2.22. The van der Waals surface area contributed by atoms with E-state index in [1.165, 1.54) is 6.07 Å². The van der Waals surface area contributed by atoms with Gasteiger partial charge in [0.05, 0.1) is 6.61 Å². The second-order valence-corrected chi connectivity index (χ2v) is 4.17. The molecule has 96 valence electrons. The van der Waals surface area contributed by atoms with Crippen LogP contribution in [0.1, 0.15) is 25.3 Å². The number of nitrogens with one attached hydrogen (secondary N) is 1. The van der Waals surface area contributed by atoms with Crippen LogP contribution in [0.3, 0.4) is 0 Å². The molecule has 1 aromatic carbocycles. The van der Waals surface area contributed by atoms with Crippen molar-refractivity contribution in [3.8, 4) is 0 Å². The second-order valence-electron chi connectivity index (χ2n) is 4.17. The summed E-state index contributed by atoms with van der Waals surface area (Å²) in [5.74, 6) is -1.64. The molecule has 4 heteroatoms. The Hall–Kier alpha value is -1.00. The summed E-state index contributed by atoms with van der Waals surface area (Å²) in [7, 11) is 1.63. The van der Waals surface area contributed by atoms with Gasteiger partial charge in [-0.1, -0.05) is 19.1 Å². The van der Waals surface area contributed by atoms with Gasteiger partial charge < -0.3 is 10.1 Å². The third-order valence-corrected chi connectivity index (χ3v) is 2.99. The molecule has 0 amide bonds. The Balaban J connectivity index is 2.68. The van der Waals surface area contributed by atoms with E-state index in [0.29, 0.717) is 18.7 Å². The molecule has 2 unspecified atom stereocenters. The molecule has 0 heterocycles. The number of methoxy groups -OCH3 is 1. The van der Waals surface area contributed by atoms with Crippen molar-refractivity contribution in [2.75, 3.05) is 20.3 Å². The Morgan fingerprint density at radius 3 is 2.65 bits per heavy atom. The predicted molar refractivity (Wildman–Crippen MR) is 64.1 cm³/mol. The molecule has 0 bridgehead atoms. The van der Waals surface area contributed by atoms with Crippen LogP contribution in [0.15, 0.2) is 18.2 Å². The van der Waals surface area contributed by atoms with Gasteiger partial charge in [-0.2, -0.15) is 0 Å². The first-order chi connectivity index (χ1) is 8.07. The molecule has 17 heavy (non-hydrogen) atoms. The smallest absolute Gasteiger partial charge is 0.162 e. The first kappa shape index (κ1) is 14.1. The summed E-state index contributed by atoms with van der Waals surface area (Å²) in [6, 6.07) is 4.35. The van der Waals surface area contributed by atoms with Gasteiger partial charge >= 0.3 is 0 Å². The normalized spacial score (nSPS) is 14.6. The zero-order valence-electron chi connectivity index (χ0n) is 10.5. The maximum absolute atomic E-state index is 13.6. The van der Waals surface area contributed by atoms with Crippen LogP contribution in [-0.4, -0.2) is 26.3 Å². The molecule has 0 radical (unpaired) electrons. The third-order valence-electron chi connectivity index (χ3n) is 2.99. The van der Waals surface area contributed by atoms with Crippen LogP contribution in [-0.2, 0) is 4.74 Å². The van der Waals surface area contributed by atoms with Gasteiger partial charge in [0, 0.05) is 19.7 Å². The lowest BCUT2D eigenvalue weighted by atomic mass is 9.94. The molecule has 0 spiro atoms. The molecule has 0 saturated carbocycles. The SMILES string of the molecule is COCCNC(C)C(C)c1cccc(F)c1F. The Labute approximate surface area is 101 Å². The lowest BCUT2D eigenvalue weighted by Crippen LogP contribution is -2.33. The highest BCUT2D eigenvalue weighted by atomic mass is 19.2. The summed E-state index contributed by atoms with van der Waals surface area (Å²) in [6.07, 6.45) is 0. The molecular weight excluding hydrogens is 224 g/mol. The molecule has 1 rings (SSSR count). The molecule has 0 saturated heterocycles. The molecule has 0 aliphatic carbocycles. The molecule has 0 fully saturated rings. The summed E-state index contributed by atoms with van der Waals surface area (Å²) in [5, 5.41) is 3.21. The molecule has 0 aromatic heterocycles. The average Bonchev–Trinajstić information content (AvgIpc) is 2.32. The Morgan fingerprint density at radius 2 is 2.00 bits per heavy atom. The molecule has 1 N–H and O–H groups in total. The molecule has 0 aliphatic rings. The molecule has 2 atom stereocenters. The van der Waals surface area contributed by atoms with Crippen LogP contribution in [0.2, 0.25) is 0 Å². The molecule has 2 nitrogen and oxygen atoms in total. The zero-order chi connectivity index (χ0) is 12.8. The van der Waals surface area contributed by atoms with E-state index < -0.39 is 11.6 Å². The first-order valence-corrected chi connectivity index (χ1v) is 5.74. The van der Waals surface area contributed by atoms with E-state index in [0.717, 1.165) is 6.07 Å². The maximum Gasteiger partial charge on any atom is 0.162 e. The third kappa shape index (κ3) is 3.75. The van der Waals surface area contributed by atoms with Crippen molar-refractivity contribution in [1.82, 2.24) is 5.32 Å². The fourth-order valence-electron chi connectivity index (χ4n) is 1.71. The monoisotopic (exact) mass is 243 g/mol. The molecule has 0 aliphatic heterocycles. The van der Waals surface area contributed by atoms with Crippen LogP contribution in [0.5, 0.6) is 0 Å². The van der Waals surface area contributed by atoms with Crippen LogP contribution in [0, 0.1) is 11.6 Å².